The maximum Gasteiger partial charge on any atom is 0.169 e. The molecule has 0 fully saturated rings. The van der Waals surface area contributed by atoms with Crippen molar-refractivity contribution in [1.29, 1.82) is 0 Å². The molecule has 0 N–H and O–H groups in total. The molecule has 0 aliphatic rings. The van der Waals surface area contributed by atoms with Crippen LogP contribution in [0.25, 0.3) is 0 Å². The van der Waals surface area contributed by atoms with E-state index in [1.807, 2.05) is 31.2 Å². The van der Waals surface area contributed by atoms with E-state index < -0.39 is 0 Å². The van der Waals surface area contributed by atoms with Crippen molar-refractivity contribution in [2.75, 3.05) is 0 Å². The highest BCUT2D eigenvalue weighted by molar-refractivity contribution is 5.80. The van der Waals surface area contributed by atoms with E-state index in [4.69, 9.17) is 4.74 Å². The van der Waals surface area contributed by atoms with Crippen molar-refractivity contribution in [1.82, 2.24) is 0 Å². The Balaban J connectivity index is 2.69. The highest BCUT2D eigenvalue weighted by Crippen LogP contribution is 2.14. The van der Waals surface area contributed by atoms with Gasteiger partial charge in [-0.1, -0.05) is 12.1 Å². The van der Waals surface area contributed by atoms with E-state index in [9.17, 15) is 4.79 Å². The van der Waals surface area contributed by atoms with Crippen LogP contribution < -0.4 is 4.74 Å². The van der Waals surface area contributed by atoms with Gasteiger partial charge in [0.2, 0.25) is 0 Å². The van der Waals surface area contributed by atoms with Gasteiger partial charge in [-0.15, -0.1) is 0 Å². The number of benzene rings is 1. The van der Waals surface area contributed by atoms with Crippen LogP contribution in [0.4, 0.5) is 0 Å². The Kier molecular flexibility index (Phi) is 3.07. The second kappa shape index (κ2) is 4.08. The highest BCUT2D eigenvalue weighted by Gasteiger charge is 2.08. The summed E-state index contributed by atoms with van der Waals surface area (Å²) in [5, 5.41) is 0. The standard InChI is InChI=1S/C11H14O2/c1-8-5-4-6-11(7-8)13-10(3)9(2)12/h4-7,10H,1-3H3/t10-/m1/s1. The first kappa shape index (κ1) is 9.78. The molecule has 0 bridgehead atoms. The summed E-state index contributed by atoms with van der Waals surface area (Å²) in [5.41, 5.74) is 1.13. The van der Waals surface area contributed by atoms with Crippen LogP contribution in [-0.4, -0.2) is 11.9 Å². The lowest BCUT2D eigenvalue weighted by atomic mass is 10.2. The molecule has 0 aliphatic carbocycles. The predicted octanol–water partition coefficient (Wildman–Crippen LogP) is 2.35. The number of hydrogen-bond acceptors (Lipinski definition) is 2. The van der Waals surface area contributed by atoms with Crippen molar-refractivity contribution in [2.24, 2.45) is 0 Å². The molecule has 2 nitrogen and oxygen atoms in total. The van der Waals surface area contributed by atoms with E-state index in [-0.39, 0.29) is 11.9 Å². The monoisotopic (exact) mass is 178 g/mol. The molecule has 1 aromatic carbocycles. The first-order chi connectivity index (χ1) is 6.09. The summed E-state index contributed by atoms with van der Waals surface area (Å²) >= 11 is 0. The van der Waals surface area contributed by atoms with E-state index >= 15 is 0 Å². The minimum Gasteiger partial charge on any atom is -0.483 e. The van der Waals surface area contributed by atoms with Crippen molar-refractivity contribution in [2.45, 2.75) is 26.9 Å². The third-order valence-electron chi connectivity index (χ3n) is 1.87. The normalized spacial score (nSPS) is 12.2. The van der Waals surface area contributed by atoms with Crippen LogP contribution in [0.15, 0.2) is 24.3 Å². The van der Waals surface area contributed by atoms with Crippen LogP contribution in [0.5, 0.6) is 5.75 Å². The SMILES string of the molecule is CC(=O)[C@@H](C)Oc1cccc(C)c1. The van der Waals surface area contributed by atoms with Gasteiger partial charge in [-0.2, -0.15) is 0 Å². The Morgan fingerprint density at radius 3 is 2.69 bits per heavy atom. The minimum atomic E-state index is -0.359. The molecule has 0 radical (unpaired) electrons. The molecular formula is C11H14O2. The Bertz CT molecular complexity index is 305. The van der Waals surface area contributed by atoms with Gasteiger partial charge in [0.05, 0.1) is 0 Å². The topological polar surface area (TPSA) is 26.3 Å². The molecule has 0 saturated carbocycles. The van der Waals surface area contributed by atoms with Crippen molar-refractivity contribution >= 4 is 5.78 Å². The zero-order valence-electron chi connectivity index (χ0n) is 8.20. The molecule has 1 aromatic rings. The summed E-state index contributed by atoms with van der Waals surface area (Å²) in [6.07, 6.45) is -0.359. The van der Waals surface area contributed by atoms with Crippen molar-refractivity contribution in [3.63, 3.8) is 0 Å². The van der Waals surface area contributed by atoms with E-state index in [0.717, 1.165) is 11.3 Å². The maximum absolute atomic E-state index is 10.9. The van der Waals surface area contributed by atoms with Crippen LogP contribution in [0.3, 0.4) is 0 Å². The number of hydrogen-bond donors (Lipinski definition) is 0. The molecule has 0 spiro atoms. The summed E-state index contributed by atoms with van der Waals surface area (Å²) in [6, 6.07) is 7.68. The number of aryl methyl sites for hydroxylation is 1. The van der Waals surface area contributed by atoms with Gasteiger partial charge in [0, 0.05) is 0 Å². The molecule has 0 aliphatic heterocycles. The van der Waals surface area contributed by atoms with Gasteiger partial charge in [0.1, 0.15) is 5.75 Å². The Labute approximate surface area is 78.5 Å². The quantitative estimate of drug-likeness (QED) is 0.710. The largest absolute Gasteiger partial charge is 0.483 e. The number of ether oxygens (including phenoxy) is 1. The fraction of sp³-hybridized carbons (Fsp3) is 0.364. The van der Waals surface area contributed by atoms with Crippen molar-refractivity contribution < 1.29 is 9.53 Å². The second-order valence-corrected chi connectivity index (χ2v) is 3.19. The van der Waals surface area contributed by atoms with Gasteiger partial charge in [-0.05, 0) is 38.5 Å². The molecule has 0 heterocycles. The van der Waals surface area contributed by atoms with E-state index in [0.29, 0.717) is 0 Å². The molecular weight excluding hydrogens is 164 g/mol. The first-order valence-corrected chi connectivity index (χ1v) is 4.33. The Morgan fingerprint density at radius 1 is 1.46 bits per heavy atom. The lowest BCUT2D eigenvalue weighted by Crippen LogP contribution is -2.20. The van der Waals surface area contributed by atoms with Gasteiger partial charge in [0.15, 0.2) is 11.9 Å². The fourth-order valence-corrected chi connectivity index (χ4v) is 0.976. The van der Waals surface area contributed by atoms with E-state index in [1.54, 1.807) is 6.92 Å². The third kappa shape index (κ3) is 2.90. The molecule has 0 unspecified atom stereocenters. The highest BCUT2D eigenvalue weighted by atomic mass is 16.5. The van der Waals surface area contributed by atoms with Crippen LogP contribution >= 0.6 is 0 Å². The van der Waals surface area contributed by atoms with E-state index in [1.165, 1.54) is 6.92 Å². The first-order valence-electron chi connectivity index (χ1n) is 4.33. The van der Waals surface area contributed by atoms with Crippen LogP contribution in [0, 0.1) is 6.92 Å². The second-order valence-electron chi connectivity index (χ2n) is 3.19. The van der Waals surface area contributed by atoms with Crippen LogP contribution in [0.1, 0.15) is 19.4 Å². The number of carbonyl (C=O) groups excluding carboxylic acids is 1. The molecule has 13 heavy (non-hydrogen) atoms. The number of Topliss-reactive ketones (excluding diaryl/α,β-unsaturated/α-hetero) is 1. The number of carbonyl (C=O) groups is 1. The average Bonchev–Trinajstić information content (AvgIpc) is 2.04. The Morgan fingerprint density at radius 2 is 2.15 bits per heavy atom. The Hall–Kier alpha value is -1.31. The summed E-state index contributed by atoms with van der Waals surface area (Å²) in [7, 11) is 0. The van der Waals surface area contributed by atoms with Crippen molar-refractivity contribution in [3.05, 3.63) is 29.8 Å². The maximum atomic E-state index is 10.9. The van der Waals surface area contributed by atoms with Gasteiger partial charge in [-0.3, -0.25) is 4.79 Å². The van der Waals surface area contributed by atoms with Gasteiger partial charge in [0.25, 0.3) is 0 Å². The minimum absolute atomic E-state index is 0.0431. The van der Waals surface area contributed by atoms with Gasteiger partial charge in [-0.25, -0.2) is 0 Å². The van der Waals surface area contributed by atoms with Gasteiger partial charge < -0.3 is 4.74 Å². The third-order valence-corrected chi connectivity index (χ3v) is 1.87. The fourth-order valence-electron chi connectivity index (χ4n) is 0.976. The van der Waals surface area contributed by atoms with Crippen LogP contribution in [0.2, 0.25) is 0 Å². The molecule has 2 heteroatoms. The summed E-state index contributed by atoms with van der Waals surface area (Å²) < 4.78 is 5.41. The van der Waals surface area contributed by atoms with Gasteiger partial charge >= 0.3 is 0 Å². The molecule has 0 amide bonds. The average molecular weight is 178 g/mol. The number of rotatable bonds is 3. The lowest BCUT2D eigenvalue weighted by Gasteiger charge is -2.11. The summed E-state index contributed by atoms with van der Waals surface area (Å²) in [6.45, 7) is 5.27. The summed E-state index contributed by atoms with van der Waals surface area (Å²) in [5.74, 6) is 0.796. The predicted molar refractivity (Wildman–Crippen MR) is 52.0 cm³/mol. The molecule has 1 rings (SSSR count). The zero-order chi connectivity index (χ0) is 9.84. The molecule has 0 saturated heterocycles. The zero-order valence-corrected chi connectivity index (χ0v) is 8.20. The number of ketones is 1. The van der Waals surface area contributed by atoms with Crippen molar-refractivity contribution in [3.8, 4) is 5.75 Å². The summed E-state index contributed by atoms with van der Waals surface area (Å²) in [4.78, 5) is 10.9. The smallest absolute Gasteiger partial charge is 0.169 e. The molecule has 1 atom stereocenters. The van der Waals surface area contributed by atoms with Crippen LogP contribution in [-0.2, 0) is 4.79 Å². The lowest BCUT2D eigenvalue weighted by molar-refractivity contribution is -0.122. The molecule has 70 valence electrons. The van der Waals surface area contributed by atoms with E-state index in [2.05, 4.69) is 0 Å². The molecule has 0 aromatic heterocycles.